The molecule has 2 aromatic rings. The van der Waals surface area contributed by atoms with E-state index < -0.39 is 5.97 Å². The molecule has 0 aliphatic rings. The quantitative estimate of drug-likeness (QED) is 0.896. The summed E-state index contributed by atoms with van der Waals surface area (Å²) >= 11 is 0. The number of ether oxygens (including phenoxy) is 2. The molecule has 2 aromatic carbocycles. The van der Waals surface area contributed by atoms with Crippen LogP contribution in [-0.4, -0.2) is 30.4 Å². The predicted octanol–water partition coefficient (Wildman–Crippen LogP) is 2.77. The van der Waals surface area contributed by atoms with Gasteiger partial charge in [-0.2, -0.15) is 0 Å². The molecule has 5 nitrogen and oxygen atoms in total. The van der Waals surface area contributed by atoms with Gasteiger partial charge in [-0.1, -0.05) is 0 Å². The second kappa shape index (κ2) is 5.52. The Balaban J connectivity index is 2.53. The average molecular weight is 274 g/mol. The van der Waals surface area contributed by atoms with Crippen molar-refractivity contribution >= 4 is 5.97 Å². The highest BCUT2D eigenvalue weighted by molar-refractivity contribution is 5.90. The second-order valence-corrected chi connectivity index (χ2v) is 4.10. The van der Waals surface area contributed by atoms with E-state index in [2.05, 4.69) is 0 Å². The van der Waals surface area contributed by atoms with Gasteiger partial charge in [0.05, 0.1) is 19.8 Å². The van der Waals surface area contributed by atoms with Crippen molar-refractivity contribution in [3.05, 3.63) is 42.0 Å². The lowest BCUT2D eigenvalue weighted by Crippen LogP contribution is -1.96. The zero-order chi connectivity index (χ0) is 14.7. The molecule has 0 heterocycles. The summed E-state index contributed by atoms with van der Waals surface area (Å²) < 4.78 is 10.4. The van der Waals surface area contributed by atoms with Gasteiger partial charge in [0, 0.05) is 17.2 Å². The number of carbonyl (C=O) groups is 1. The van der Waals surface area contributed by atoms with E-state index in [9.17, 15) is 9.90 Å². The van der Waals surface area contributed by atoms with E-state index in [0.29, 0.717) is 22.6 Å². The van der Waals surface area contributed by atoms with Crippen LogP contribution < -0.4 is 9.47 Å². The number of hydrogen-bond donors (Lipinski definition) is 2. The van der Waals surface area contributed by atoms with E-state index in [1.807, 2.05) is 0 Å². The molecule has 0 aromatic heterocycles. The third kappa shape index (κ3) is 2.51. The fourth-order valence-corrected chi connectivity index (χ4v) is 1.91. The highest BCUT2D eigenvalue weighted by Gasteiger charge is 2.13. The van der Waals surface area contributed by atoms with Crippen molar-refractivity contribution in [3.8, 4) is 28.4 Å². The molecule has 2 N–H and O–H groups in total. The van der Waals surface area contributed by atoms with Gasteiger partial charge in [0.15, 0.2) is 0 Å². The Bertz CT molecular complexity index is 649. The summed E-state index contributed by atoms with van der Waals surface area (Å²) in [4.78, 5) is 10.9. The number of phenols is 1. The molecular formula is C15H14O5. The number of carboxylic acids is 1. The summed E-state index contributed by atoms with van der Waals surface area (Å²) in [6.45, 7) is 0. The molecule has 0 fully saturated rings. The van der Waals surface area contributed by atoms with Gasteiger partial charge in [-0.05, 0) is 30.3 Å². The molecule has 0 saturated heterocycles. The normalized spacial score (nSPS) is 10.1. The average Bonchev–Trinajstić information content (AvgIpc) is 2.46. The van der Waals surface area contributed by atoms with Gasteiger partial charge in [-0.25, -0.2) is 4.79 Å². The van der Waals surface area contributed by atoms with Crippen molar-refractivity contribution in [2.24, 2.45) is 0 Å². The van der Waals surface area contributed by atoms with Crippen molar-refractivity contribution in [1.29, 1.82) is 0 Å². The number of hydrogen-bond acceptors (Lipinski definition) is 4. The monoisotopic (exact) mass is 274 g/mol. The number of rotatable bonds is 4. The van der Waals surface area contributed by atoms with Gasteiger partial charge in [-0.3, -0.25) is 0 Å². The lowest BCUT2D eigenvalue weighted by Gasteiger charge is -2.12. The largest absolute Gasteiger partial charge is 0.507 e. The van der Waals surface area contributed by atoms with E-state index in [1.165, 1.54) is 19.2 Å². The third-order valence-electron chi connectivity index (χ3n) is 2.94. The molecule has 0 unspecified atom stereocenters. The van der Waals surface area contributed by atoms with Crippen LogP contribution in [-0.2, 0) is 0 Å². The molecule has 0 spiro atoms. The van der Waals surface area contributed by atoms with Gasteiger partial charge in [0.25, 0.3) is 0 Å². The van der Waals surface area contributed by atoms with Crippen LogP contribution in [0.1, 0.15) is 10.4 Å². The van der Waals surface area contributed by atoms with Crippen molar-refractivity contribution in [2.75, 3.05) is 14.2 Å². The molecule has 20 heavy (non-hydrogen) atoms. The van der Waals surface area contributed by atoms with Crippen LogP contribution >= 0.6 is 0 Å². The molecule has 0 bridgehead atoms. The van der Waals surface area contributed by atoms with Gasteiger partial charge in [0.2, 0.25) is 0 Å². The van der Waals surface area contributed by atoms with E-state index in [0.717, 1.165) is 0 Å². The first kappa shape index (κ1) is 13.7. The summed E-state index contributed by atoms with van der Waals surface area (Å²) in [7, 11) is 3.06. The molecule has 0 atom stereocenters. The Labute approximate surface area is 116 Å². The van der Waals surface area contributed by atoms with Crippen molar-refractivity contribution in [2.45, 2.75) is 0 Å². The first-order chi connectivity index (χ1) is 9.56. The van der Waals surface area contributed by atoms with Crippen molar-refractivity contribution in [1.82, 2.24) is 0 Å². The standard InChI is InChI=1S/C15H14O5/c1-19-10-4-6-12(14(8-10)20-2)11-5-3-9(15(17)18)7-13(11)16/h3-8,16H,1-2H3,(H,17,18). The number of benzene rings is 2. The first-order valence-corrected chi connectivity index (χ1v) is 5.85. The summed E-state index contributed by atoms with van der Waals surface area (Å²) in [6.07, 6.45) is 0. The SMILES string of the molecule is COc1ccc(-c2ccc(C(=O)O)cc2O)c(OC)c1. The Morgan fingerprint density at radius 3 is 2.25 bits per heavy atom. The van der Waals surface area contributed by atoms with Crippen LogP contribution in [0.4, 0.5) is 0 Å². The third-order valence-corrected chi connectivity index (χ3v) is 2.94. The van der Waals surface area contributed by atoms with Crippen LogP contribution in [0.5, 0.6) is 17.2 Å². The number of carboxylic acid groups (broad SMARTS) is 1. The molecule has 0 amide bonds. The van der Waals surface area contributed by atoms with E-state index >= 15 is 0 Å². The van der Waals surface area contributed by atoms with Crippen molar-refractivity contribution in [3.63, 3.8) is 0 Å². The van der Waals surface area contributed by atoms with Crippen LogP contribution in [0.25, 0.3) is 11.1 Å². The maximum absolute atomic E-state index is 10.9. The topological polar surface area (TPSA) is 76.0 Å². The molecule has 5 heteroatoms. The van der Waals surface area contributed by atoms with Crippen LogP contribution in [0, 0.1) is 0 Å². The van der Waals surface area contributed by atoms with E-state index in [4.69, 9.17) is 14.6 Å². The van der Waals surface area contributed by atoms with E-state index in [1.54, 1.807) is 31.4 Å². The Kier molecular flexibility index (Phi) is 3.79. The molecule has 0 aliphatic carbocycles. The fourth-order valence-electron chi connectivity index (χ4n) is 1.91. The van der Waals surface area contributed by atoms with Crippen LogP contribution in [0.3, 0.4) is 0 Å². The zero-order valence-electron chi connectivity index (χ0n) is 11.1. The highest BCUT2D eigenvalue weighted by Crippen LogP contribution is 2.38. The smallest absolute Gasteiger partial charge is 0.335 e. The highest BCUT2D eigenvalue weighted by atomic mass is 16.5. The Morgan fingerprint density at radius 1 is 1.00 bits per heavy atom. The molecule has 0 radical (unpaired) electrons. The van der Waals surface area contributed by atoms with Gasteiger partial charge >= 0.3 is 5.97 Å². The van der Waals surface area contributed by atoms with Crippen LogP contribution in [0.15, 0.2) is 36.4 Å². The molecule has 2 rings (SSSR count). The minimum Gasteiger partial charge on any atom is -0.507 e. The number of aromatic hydroxyl groups is 1. The minimum absolute atomic E-state index is 0.0266. The maximum atomic E-state index is 10.9. The molecule has 0 saturated carbocycles. The fraction of sp³-hybridized carbons (Fsp3) is 0.133. The number of methoxy groups -OCH3 is 2. The van der Waals surface area contributed by atoms with Crippen molar-refractivity contribution < 1.29 is 24.5 Å². The Hall–Kier alpha value is -2.69. The summed E-state index contributed by atoms with van der Waals surface area (Å²) in [5, 5.41) is 18.9. The molecular weight excluding hydrogens is 260 g/mol. The predicted molar refractivity (Wildman–Crippen MR) is 73.6 cm³/mol. The van der Waals surface area contributed by atoms with Gasteiger partial charge < -0.3 is 19.7 Å². The van der Waals surface area contributed by atoms with Crippen LogP contribution in [0.2, 0.25) is 0 Å². The van der Waals surface area contributed by atoms with Gasteiger partial charge in [-0.15, -0.1) is 0 Å². The lowest BCUT2D eigenvalue weighted by atomic mass is 10.0. The van der Waals surface area contributed by atoms with Gasteiger partial charge in [0.1, 0.15) is 17.2 Å². The first-order valence-electron chi connectivity index (χ1n) is 5.85. The Morgan fingerprint density at radius 2 is 1.70 bits per heavy atom. The minimum atomic E-state index is -1.09. The molecule has 104 valence electrons. The summed E-state index contributed by atoms with van der Waals surface area (Å²) in [5.74, 6) is -0.0446. The number of aromatic carboxylic acids is 1. The van der Waals surface area contributed by atoms with E-state index in [-0.39, 0.29) is 11.3 Å². The lowest BCUT2D eigenvalue weighted by molar-refractivity contribution is 0.0696. The second-order valence-electron chi connectivity index (χ2n) is 4.10. The molecule has 0 aliphatic heterocycles. The summed E-state index contributed by atoms with van der Waals surface area (Å²) in [6, 6.07) is 9.36. The summed E-state index contributed by atoms with van der Waals surface area (Å²) in [5.41, 5.74) is 1.18. The maximum Gasteiger partial charge on any atom is 0.335 e. The number of phenolic OH excluding ortho intramolecular Hbond substituents is 1. The zero-order valence-corrected chi connectivity index (χ0v) is 11.1.